The van der Waals surface area contributed by atoms with E-state index in [-0.39, 0.29) is 12.0 Å². The molecule has 3 N–H and O–H groups in total. The summed E-state index contributed by atoms with van der Waals surface area (Å²) < 4.78 is 4.86. The van der Waals surface area contributed by atoms with Crippen molar-refractivity contribution < 1.29 is 14.6 Å². The van der Waals surface area contributed by atoms with Gasteiger partial charge >= 0.3 is 5.97 Å². The fourth-order valence-electron chi connectivity index (χ4n) is 1.47. The van der Waals surface area contributed by atoms with Crippen molar-refractivity contribution in [1.82, 2.24) is 0 Å². The predicted octanol–water partition coefficient (Wildman–Crippen LogP) is 0.986. The highest BCUT2D eigenvalue weighted by atomic mass is 16.5. The summed E-state index contributed by atoms with van der Waals surface area (Å²) in [5, 5.41) is 7.00. The Kier molecular flexibility index (Phi) is 7.95. The van der Waals surface area contributed by atoms with Crippen LogP contribution >= 0.6 is 0 Å². The molecule has 1 aliphatic carbocycles. The van der Waals surface area contributed by atoms with Gasteiger partial charge in [0.25, 0.3) is 0 Å². The second kappa shape index (κ2) is 8.44. The van der Waals surface area contributed by atoms with E-state index in [0.29, 0.717) is 13.0 Å². The number of rotatable bonds is 3. The minimum atomic E-state index is -0.121. The Morgan fingerprint density at radius 3 is 2.80 bits per heavy atom. The number of carbonyl (C=O) groups excluding carboxylic acids is 1. The Balaban J connectivity index is 0.000000921. The van der Waals surface area contributed by atoms with Gasteiger partial charge in [-0.2, -0.15) is 0 Å². The average molecular weight is 215 g/mol. The van der Waals surface area contributed by atoms with Crippen LogP contribution in [0.4, 0.5) is 0 Å². The zero-order valence-corrected chi connectivity index (χ0v) is 9.53. The Bertz CT molecular complexity index is 214. The third kappa shape index (κ3) is 6.25. The fraction of sp³-hybridized carbons (Fsp3) is 0.727. The van der Waals surface area contributed by atoms with Gasteiger partial charge in [0.2, 0.25) is 0 Å². The van der Waals surface area contributed by atoms with Gasteiger partial charge in [-0.15, -0.1) is 0 Å². The molecule has 0 radical (unpaired) electrons. The molecule has 0 saturated heterocycles. The third-order valence-electron chi connectivity index (χ3n) is 2.22. The van der Waals surface area contributed by atoms with E-state index in [1.54, 1.807) is 0 Å². The predicted molar refractivity (Wildman–Crippen MR) is 59.3 cm³/mol. The fourth-order valence-corrected chi connectivity index (χ4v) is 1.47. The minimum Gasteiger partial charge on any atom is -0.466 e. The van der Waals surface area contributed by atoms with Crippen LogP contribution in [0.1, 0.15) is 32.6 Å². The van der Waals surface area contributed by atoms with E-state index in [1.165, 1.54) is 5.57 Å². The summed E-state index contributed by atoms with van der Waals surface area (Å²) in [5.41, 5.74) is 6.91. The maximum atomic E-state index is 11.1. The van der Waals surface area contributed by atoms with Gasteiger partial charge in [0, 0.05) is 13.2 Å². The van der Waals surface area contributed by atoms with Crippen molar-refractivity contribution in [3.05, 3.63) is 11.6 Å². The third-order valence-corrected chi connectivity index (χ3v) is 2.22. The Hall–Kier alpha value is -0.870. The molecule has 4 heteroatoms. The van der Waals surface area contributed by atoms with Crippen LogP contribution in [-0.4, -0.2) is 30.8 Å². The molecular formula is C11H21NO3. The number of hydrogen-bond donors (Lipinski definition) is 2. The summed E-state index contributed by atoms with van der Waals surface area (Å²) in [7, 11) is 1.00. The van der Waals surface area contributed by atoms with Crippen molar-refractivity contribution in [1.29, 1.82) is 0 Å². The maximum Gasteiger partial charge on any atom is 0.309 e. The van der Waals surface area contributed by atoms with Crippen molar-refractivity contribution in [3.63, 3.8) is 0 Å². The molecule has 0 aromatic carbocycles. The molecule has 0 fully saturated rings. The first kappa shape index (κ1) is 14.1. The van der Waals surface area contributed by atoms with Crippen molar-refractivity contribution >= 4 is 5.97 Å². The zero-order chi connectivity index (χ0) is 11.7. The summed E-state index contributed by atoms with van der Waals surface area (Å²) in [6.07, 6.45) is 5.35. The highest BCUT2D eigenvalue weighted by Crippen LogP contribution is 2.19. The molecule has 15 heavy (non-hydrogen) atoms. The van der Waals surface area contributed by atoms with Gasteiger partial charge in [-0.3, -0.25) is 4.79 Å². The molecule has 1 aliphatic rings. The summed E-state index contributed by atoms with van der Waals surface area (Å²) >= 11 is 0. The maximum absolute atomic E-state index is 11.1. The quantitative estimate of drug-likeness (QED) is 0.544. The van der Waals surface area contributed by atoms with Crippen molar-refractivity contribution in [2.45, 2.75) is 38.6 Å². The highest BCUT2D eigenvalue weighted by molar-refractivity contribution is 5.72. The van der Waals surface area contributed by atoms with Gasteiger partial charge in [-0.25, -0.2) is 0 Å². The molecular weight excluding hydrogens is 194 g/mol. The number of carbonyl (C=O) groups is 1. The SMILES string of the molecule is CCOC(=O)CC1=CCC(N)CC1.CO. The van der Waals surface area contributed by atoms with E-state index in [4.69, 9.17) is 15.6 Å². The van der Waals surface area contributed by atoms with Crippen LogP contribution in [0.25, 0.3) is 0 Å². The van der Waals surface area contributed by atoms with Gasteiger partial charge in [0.1, 0.15) is 0 Å². The number of aliphatic hydroxyl groups excluding tert-OH is 1. The summed E-state index contributed by atoms with van der Waals surface area (Å²) in [6.45, 7) is 2.29. The van der Waals surface area contributed by atoms with Crippen LogP contribution in [0.2, 0.25) is 0 Å². The molecule has 4 nitrogen and oxygen atoms in total. The molecule has 0 aliphatic heterocycles. The van der Waals surface area contributed by atoms with Crippen LogP contribution in [0.3, 0.4) is 0 Å². The monoisotopic (exact) mass is 215 g/mol. The topological polar surface area (TPSA) is 72.5 Å². The van der Waals surface area contributed by atoms with Crippen LogP contribution in [-0.2, 0) is 9.53 Å². The first-order chi connectivity index (χ1) is 7.22. The van der Waals surface area contributed by atoms with E-state index in [2.05, 4.69) is 6.08 Å². The summed E-state index contributed by atoms with van der Waals surface area (Å²) in [4.78, 5) is 11.1. The Labute approximate surface area is 91.1 Å². The molecule has 0 aromatic rings. The molecule has 0 aromatic heterocycles. The first-order valence-corrected chi connectivity index (χ1v) is 5.26. The number of hydrogen-bond acceptors (Lipinski definition) is 4. The van der Waals surface area contributed by atoms with Gasteiger partial charge in [0.05, 0.1) is 13.0 Å². The first-order valence-electron chi connectivity index (χ1n) is 5.26. The van der Waals surface area contributed by atoms with E-state index >= 15 is 0 Å². The highest BCUT2D eigenvalue weighted by Gasteiger charge is 2.13. The molecule has 0 bridgehead atoms. The lowest BCUT2D eigenvalue weighted by Gasteiger charge is -2.17. The van der Waals surface area contributed by atoms with E-state index in [1.807, 2.05) is 6.92 Å². The van der Waals surface area contributed by atoms with Crippen LogP contribution in [0.5, 0.6) is 0 Å². The molecule has 88 valence electrons. The minimum absolute atomic E-state index is 0.121. The molecule has 0 heterocycles. The standard InChI is InChI=1S/C10H17NO2.CH4O/c1-2-13-10(12)7-8-3-5-9(11)6-4-8;1-2/h3,9H,2,4-7,11H2,1H3;2H,1H3. The van der Waals surface area contributed by atoms with E-state index in [0.717, 1.165) is 26.4 Å². The summed E-state index contributed by atoms with van der Waals surface area (Å²) in [5.74, 6) is -0.121. The molecule has 1 atom stereocenters. The second-order valence-corrected chi connectivity index (χ2v) is 3.38. The van der Waals surface area contributed by atoms with E-state index < -0.39 is 0 Å². The van der Waals surface area contributed by atoms with Crippen molar-refractivity contribution in [2.75, 3.05) is 13.7 Å². The Morgan fingerprint density at radius 1 is 1.67 bits per heavy atom. The Morgan fingerprint density at radius 2 is 2.33 bits per heavy atom. The van der Waals surface area contributed by atoms with Crippen molar-refractivity contribution in [3.8, 4) is 0 Å². The molecule has 1 rings (SSSR count). The number of aliphatic hydroxyl groups is 1. The molecule has 0 amide bonds. The van der Waals surface area contributed by atoms with Crippen LogP contribution < -0.4 is 5.73 Å². The van der Waals surface area contributed by atoms with Gasteiger partial charge in [-0.05, 0) is 26.2 Å². The van der Waals surface area contributed by atoms with Crippen molar-refractivity contribution in [2.24, 2.45) is 5.73 Å². The number of ether oxygens (including phenoxy) is 1. The molecule has 1 unspecified atom stereocenters. The second-order valence-electron chi connectivity index (χ2n) is 3.38. The smallest absolute Gasteiger partial charge is 0.309 e. The van der Waals surface area contributed by atoms with E-state index in [9.17, 15) is 4.79 Å². The van der Waals surface area contributed by atoms with Gasteiger partial charge < -0.3 is 15.6 Å². The largest absolute Gasteiger partial charge is 0.466 e. The van der Waals surface area contributed by atoms with Gasteiger partial charge in [-0.1, -0.05) is 11.6 Å². The lowest BCUT2D eigenvalue weighted by Crippen LogP contribution is -2.22. The molecule has 0 spiro atoms. The van der Waals surface area contributed by atoms with Crippen LogP contribution in [0, 0.1) is 0 Å². The lowest BCUT2D eigenvalue weighted by molar-refractivity contribution is -0.142. The normalized spacial score (nSPS) is 19.7. The van der Waals surface area contributed by atoms with Gasteiger partial charge in [0.15, 0.2) is 0 Å². The zero-order valence-electron chi connectivity index (χ0n) is 9.53. The number of esters is 1. The van der Waals surface area contributed by atoms with Crippen LogP contribution in [0.15, 0.2) is 11.6 Å². The lowest BCUT2D eigenvalue weighted by atomic mass is 9.94. The molecule has 0 saturated carbocycles. The average Bonchev–Trinajstić information content (AvgIpc) is 2.25. The summed E-state index contributed by atoms with van der Waals surface area (Å²) in [6, 6.07) is 0.283. The number of nitrogens with two attached hydrogens (primary N) is 1.